The van der Waals surface area contributed by atoms with Crippen LogP contribution in [0.3, 0.4) is 0 Å². The average molecular weight is 282 g/mol. The number of ether oxygens (including phenoxy) is 1. The topological polar surface area (TPSA) is 39.2 Å². The minimum atomic E-state index is -0.389. The third-order valence-electron chi connectivity index (χ3n) is 2.20. The quantitative estimate of drug-likeness (QED) is 0.635. The van der Waals surface area contributed by atoms with Gasteiger partial charge in [-0.3, -0.25) is 0 Å². The molecular formula is C13H9Cl2NO2. The number of rotatable bonds is 3. The molecule has 1 aromatic carbocycles. The van der Waals surface area contributed by atoms with Crippen molar-refractivity contribution in [3.63, 3.8) is 0 Å². The highest BCUT2D eigenvalue weighted by atomic mass is 35.5. The number of hydrogen-bond acceptors (Lipinski definition) is 3. The lowest BCUT2D eigenvalue weighted by Crippen LogP contribution is -2.05. The van der Waals surface area contributed by atoms with Gasteiger partial charge in [-0.25, -0.2) is 9.78 Å². The summed E-state index contributed by atoms with van der Waals surface area (Å²) in [5.41, 5.74) is 1.20. The van der Waals surface area contributed by atoms with Crippen LogP contribution in [0, 0.1) is 0 Å². The average Bonchev–Trinajstić information content (AvgIpc) is 2.36. The van der Waals surface area contributed by atoms with Gasteiger partial charge < -0.3 is 4.74 Å². The van der Waals surface area contributed by atoms with Gasteiger partial charge in [0.2, 0.25) is 0 Å². The van der Waals surface area contributed by atoms with Crippen LogP contribution in [0.4, 0.5) is 0 Å². The standard InChI is InChI=1S/C13H9Cl2NO2/c14-11-6-9(7-12(15)16-11)8-18-13(17)10-4-2-1-3-5-10/h1-7H,8H2. The number of halogens is 2. The molecule has 2 aromatic rings. The molecule has 0 spiro atoms. The maximum Gasteiger partial charge on any atom is 0.338 e. The largest absolute Gasteiger partial charge is 0.457 e. The molecule has 0 fully saturated rings. The first kappa shape index (κ1) is 12.9. The Morgan fingerprint density at radius 1 is 1.11 bits per heavy atom. The maximum atomic E-state index is 11.7. The summed E-state index contributed by atoms with van der Waals surface area (Å²) in [5.74, 6) is -0.389. The summed E-state index contributed by atoms with van der Waals surface area (Å²) in [5, 5.41) is 0.543. The van der Waals surface area contributed by atoms with E-state index in [1.807, 2.05) is 6.07 Å². The SMILES string of the molecule is O=C(OCc1cc(Cl)nc(Cl)c1)c1ccccc1. The Kier molecular flexibility index (Phi) is 4.18. The van der Waals surface area contributed by atoms with Crippen molar-refractivity contribution in [2.75, 3.05) is 0 Å². The Balaban J connectivity index is 2.02. The summed E-state index contributed by atoms with van der Waals surface area (Å²) in [7, 11) is 0. The first-order valence-electron chi connectivity index (χ1n) is 5.19. The second-order valence-corrected chi connectivity index (χ2v) is 4.34. The van der Waals surface area contributed by atoms with Crippen LogP contribution in [0.1, 0.15) is 15.9 Å². The fourth-order valence-electron chi connectivity index (χ4n) is 1.40. The van der Waals surface area contributed by atoms with E-state index in [0.29, 0.717) is 11.1 Å². The molecule has 0 N–H and O–H groups in total. The summed E-state index contributed by atoms with van der Waals surface area (Å²) < 4.78 is 5.14. The van der Waals surface area contributed by atoms with Crippen LogP contribution in [-0.4, -0.2) is 11.0 Å². The lowest BCUT2D eigenvalue weighted by atomic mass is 10.2. The van der Waals surface area contributed by atoms with Gasteiger partial charge in [-0.1, -0.05) is 41.4 Å². The molecule has 0 amide bonds. The molecule has 0 saturated heterocycles. The molecule has 0 aliphatic rings. The number of carbonyl (C=O) groups excluding carboxylic acids is 1. The summed E-state index contributed by atoms with van der Waals surface area (Å²) in [6.45, 7) is 0.107. The van der Waals surface area contributed by atoms with E-state index >= 15 is 0 Å². The number of pyridine rings is 1. The van der Waals surface area contributed by atoms with Gasteiger partial charge in [0.1, 0.15) is 16.9 Å². The number of esters is 1. The van der Waals surface area contributed by atoms with Crippen LogP contribution < -0.4 is 0 Å². The molecule has 1 aromatic heterocycles. The van der Waals surface area contributed by atoms with E-state index in [1.165, 1.54) is 0 Å². The van der Waals surface area contributed by atoms with E-state index < -0.39 is 0 Å². The fraction of sp³-hybridized carbons (Fsp3) is 0.0769. The molecule has 0 aliphatic carbocycles. The first-order chi connectivity index (χ1) is 8.65. The van der Waals surface area contributed by atoms with E-state index in [4.69, 9.17) is 27.9 Å². The second-order valence-electron chi connectivity index (χ2n) is 3.56. The molecule has 0 atom stereocenters. The molecule has 2 rings (SSSR count). The van der Waals surface area contributed by atoms with Crippen molar-refractivity contribution in [2.24, 2.45) is 0 Å². The van der Waals surface area contributed by atoms with Crippen LogP contribution in [0.5, 0.6) is 0 Å². The maximum absolute atomic E-state index is 11.7. The van der Waals surface area contributed by atoms with Crippen LogP contribution in [0.25, 0.3) is 0 Å². The van der Waals surface area contributed by atoms with Crippen molar-refractivity contribution >= 4 is 29.2 Å². The minimum Gasteiger partial charge on any atom is -0.457 e. The van der Waals surface area contributed by atoms with Crippen molar-refractivity contribution in [3.05, 3.63) is 63.9 Å². The lowest BCUT2D eigenvalue weighted by Gasteiger charge is -2.05. The van der Waals surface area contributed by atoms with Gasteiger partial charge in [-0.15, -0.1) is 0 Å². The molecule has 0 saturated carbocycles. The molecule has 0 unspecified atom stereocenters. The van der Waals surface area contributed by atoms with Gasteiger partial charge >= 0.3 is 5.97 Å². The van der Waals surface area contributed by atoms with Crippen molar-refractivity contribution in [1.29, 1.82) is 0 Å². The molecule has 5 heteroatoms. The molecule has 0 aliphatic heterocycles. The van der Waals surface area contributed by atoms with Crippen LogP contribution >= 0.6 is 23.2 Å². The Morgan fingerprint density at radius 2 is 1.72 bits per heavy atom. The monoisotopic (exact) mass is 281 g/mol. The normalized spacial score (nSPS) is 10.1. The summed E-state index contributed by atoms with van der Waals surface area (Å²) >= 11 is 11.5. The lowest BCUT2D eigenvalue weighted by molar-refractivity contribution is 0.0472. The number of aromatic nitrogens is 1. The highest BCUT2D eigenvalue weighted by Crippen LogP contribution is 2.15. The highest BCUT2D eigenvalue weighted by molar-refractivity contribution is 6.32. The first-order valence-corrected chi connectivity index (χ1v) is 5.95. The number of nitrogens with zero attached hydrogens (tertiary/aromatic N) is 1. The second kappa shape index (κ2) is 5.85. The summed E-state index contributed by atoms with van der Waals surface area (Å²) in [6.07, 6.45) is 0. The van der Waals surface area contributed by atoms with Crippen molar-refractivity contribution in [3.8, 4) is 0 Å². The van der Waals surface area contributed by atoms with E-state index in [2.05, 4.69) is 4.98 Å². The van der Waals surface area contributed by atoms with Gasteiger partial charge in [0.15, 0.2) is 0 Å². The van der Waals surface area contributed by atoms with Gasteiger partial charge in [0, 0.05) is 0 Å². The predicted molar refractivity (Wildman–Crippen MR) is 69.8 cm³/mol. The Morgan fingerprint density at radius 3 is 2.33 bits per heavy atom. The zero-order valence-electron chi connectivity index (χ0n) is 9.27. The molecule has 0 radical (unpaired) electrons. The van der Waals surface area contributed by atoms with Crippen molar-refractivity contribution in [2.45, 2.75) is 6.61 Å². The molecule has 3 nitrogen and oxygen atoms in total. The van der Waals surface area contributed by atoms with Gasteiger partial charge in [-0.2, -0.15) is 0 Å². The smallest absolute Gasteiger partial charge is 0.338 e. The minimum absolute atomic E-state index is 0.107. The van der Waals surface area contributed by atoms with Crippen LogP contribution in [0.2, 0.25) is 10.3 Å². The van der Waals surface area contributed by atoms with Gasteiger partial charge in [0.25, 0.3) is 0 Å². The molecule has 92 valence electrons. The molecular weight excluding hydrogens is 273 g/mol. The Hall–Kier alpha value is -1.58. The number of hydrogen-bond donors (Lipinski definition) is 0. The zero-order valence-corrected chi connectivity index (χ0v) is 10.8. The van der Waals surface area contributed by atoms with Gasteiger partial charge in [-0.05, 0) is 29.8 Å². The summed E-state index contributed by atoms with van der Waals surface area (Å²) in [6, 6.07) is 12.0. The van der Waals surface area contributed by atoms with Crippen molar-refractivity contribution in [1.82, 2.24) is 4.98 Å². The predicted octanol–water partition coefficient (Wildman–Crippen LogP) is 3.75. The highest BCUT2D eigenvalue weighted by Gasteiger charge is 2.07. The third-order valence-corrected chi connectivity index (χ3v) is 2.59. The molecule has 0 bridgehead atoms. The van der Waals surface area contributed by atoms with Crippen LogP contribution in [-0.2, 0) is 11.3 Å². The Bertz CT molecular complexity index is 538. The van der Waals surface area contributed by atoms with E-state index in [1.54, 1.807) is 36.4 Å². The number of carbonyl (C=O) groups is 1. The van der Waals surface area contributed by atoms with Gasteiger partial charge in [0.05, 0.1) is 5.56 Å². The summed E-state index contributed by atoms with van der Waals surface area (Å²) in [4.78, 5) is 15.5. The number of benzene rings is 1. The van der Waals surface area contributed by atoms with E-state index in [-0.39, 0.29) is 22.9 Å². The third kappa shape index (κ3) is 3.45. The Labute approximate surface area is 114 Å². The molecule has 1 heterocycles. The molecule has 18 heavy (non-hydrogen) atoms. The van der Waals surface area contributed by atoms with E-state index in [9.17, 15) is 4.79 Å². The zero-order chi connectivity index (χ0) is 13.0. The van der Waals surface area contributed by atoms with Crippen molar-refractivity contribution < 1.29 is 9.53 Å². The fourth-order valence-corrected chi connectivity index (χ4v) is 1.91. The van der Waals surface area contributed by atoms with E-state index in [0.717, 1.165) is 0 Å². The van der Waals surface area contributed by atoms with Crippen LogP contribution in [0.15, 0.2) is 42.5 Å².